The SMILES string of the molecule is CCCn1nnc(CO)c1/C=C/c1ccc(Cl)cc1. The molecule has 5 heteroatoms. The minimum atomic E-state index is -0.107. The Balaban J connectivity index is 2.26. The molecule has 0 spiro atoms. The molecule has 0 fully saturated rings. The van der Waals surface area contributed by atoms with Crippen LogP contribution < -0.4 is 0 Å². The number of halogens is 1. The van der Waals surface area contributed by atoms with E-state index in [0.29, 0.717) is 10.7 Å². The summed E-state index contributed by atoms with van der Waals surface area (Å²) in [5.74, 6) is 0. The van der Waals surface area contributed by atoms with Gasteiger partial charge in [0.2, 0.25) is 0 Å². The van der Waals surface area contributed by atoms with Crippen molar-refractivity contribution < 1.29 is 5.11 Å². The molecule has 0 unspecified atom stereocenters. The van der Waals surface area contributed by atoms with Crippen molar-refractivity contribution in [2.75, 3.05) is 0 Å². The number of nitrogens with zero attached hydrogens (tertiary/aromatic N) is 3. The van der Waals surface area contributed by atoms with Gasteiger partial charge in [0.1, 0.15) is 5.69 Å². The molecule has 0 saturated heterocycles. The lowest BCUT2D eigenvalue weighted by atomic mass is 10.2. The Morgan fingerprint density at radius 3 is 2.63 bits per heavy atom. The van der Waals surface area contributed by atoms with Gasteiger partial charge in [0.15, 0.2) is 0 Å². The van der Waals surface area contributed by atoms with E-state index in [1.807, 2.05) is 36.4 Å². The Labute approximate surface area is 117 Å². The molecule has 0 aliphatic heterocycles. The molecule has 1 N–H and O–H groups in total. The van der Waals surface area contributed by atoms with Crippen LogP contribution in [0.1, 0.15) is 30.3 Å². The van der Waals surface area contributed by atoms with Crippen molar-refractivity contribution in [3.05, 3.63) is 46.2 Å². The number of hydrogen-bond donors (Lipinski definition) is 1. The molecule has 1 heterocycles. The van der Waals surface area contributed by atoms with E-state index >= 15 is 0 Å². The average molecular weight is 278 g/mol. The van der Waals surface area contributed by atoms with Gasteiger partial charge in [-0.05, 0) is 30.2 Å². The number of aromatic nitrogens is 3. The highest BCUT2D eigenvalue weighted by atomic mass is 35.5. The monoisotopic (exact) mass is 277 g/mol. The van der Waals surface area contributed by atoms with Gasteiger partial charge in [-0.3, -0.25) is 0 Å². The zero-order chi connectivity index (χ0) is 13.7. The summed E-state index contributed by atoms with van der Waals surface area (Å²) in [5.41, 5.74) is 2.48. The molecule has 0 aliphatic rings. The third-order valence-electron chi connectivity index (χ3n) is 2.74. The fraction of sp³-hybridized carbons (Fsp3) is 0.286. The lowest BCUT2D eigenvalue weighted by Gasteiger charge is -2.01. The first-order valence-electron chi connectivity index (χ1n) is 6.21. The number of aryl methyl sites for hydroxylation is 1. The van der Waals surface area contributed by atoms with Crippen molar-refractivity contribution in [3.63, 3.8) is 0 Å². The van der Waals surface area contributed by atoms with E-state index in [1.165, 1.54) is 0 Å². The van der Waals surface area contributed by atoms with Crippen LogP contribution in [0.2, 0.25) is 5.02 Å². The predicted octanol–water partition coefficient (Wildman–Crippen LogP) is 3.00. The quantitative estimate of drug-likeness (QED) is 0.914. The maximum atomic E-state index is 9.27. The third kappa shape index (κ3) is 3.43. The van der Waals surface area contributed by atoms with Gasteiger partial charge >= 0.3 is 0 Å². The van der Waals surface area contributed by atoms with Crippen molar-refractivity contribution in [1.29, 1.82) is 0 Å². The maximum absolute atomic E-state index is 9.27. The summed E-state index contributed by atoms with van der Waals surface area (Å²) < 4.78 is 1.80. The van der Waals surface area contributed by atoms with E-state index in [9.17, 15) is 5.11 Å². The fourth-order valence-corrected chi connectivity index (χ4v) is 1.90. The first-order valence-corrected chi connectivity index (χ1v) is 6.59. The maximum Gasteiger partial charge on any atom is 0.115 e. The van der Waals surface area contributed by atoms with Crippen LogP contribution in [-0.2, 0) is 13.2 Å². The summed E-state index contributed by atoms with van der Waals surface area (Å²) in [5, 5.41) is 18.0. The molecule has 1 aromatic carbocycles. The molecule has 0 aliphatic carbocycles. The standard InChI is InChI=1S/C14H16ClN3O/c1-2-9-18-14(13(10-19)16-17-18)8-5-11-3-6-12(15)7-4-11/h3-8,19H,2,9-10H2,1H3/b8-5+. The largest absolute Gasteiger partial charge is 0.390 e. The smallest absolute Gasteiger partial charge is 0.115 e. The minimum Gasteiger partial charge on any atom is -0.390 e. The van der Waals surface area contributed by atoms with E-state index in [2.05, 4.69) is 17.2 Å². The highest BCUT2D eigenvalue weighted by molar-refractivity contribution is 6.30. The number of benzene rings is 1. The van der Waals surface area contributed by atoms with E-state index in [0.717, 1.165) is 24.2 Å². The molecular weight excluding hydrogens is 262 g/mol. The molecule has 100 valence electrons. The van der Waals surface area contributed by atoms with Gasteiger partial charge in [0.05, 0.1) is 12.3 Å². The van der Waals surface area contributed by atoms with Gasteiger partial charge in [0, 0.05) is 11.6 Å². The second-order valence-corrected chi connectivity index (χ2v) is 4.62. The highest BCUT2D eigenvalue weighted by Crippen LogP contribution is 2.14. The molecule has 1 aromatic heterocycles. The molecule has 0 radical (unpaired) electrons. The van der Waals surface area contributed by atoms with Crippen LogP contribution in [0, 0.1) is 0 Å². The van der Waals surface area contributed by atoms with E-state index < -0.39 is 0 Å². The Bertz CT molecular complexity index is 561. The summed E-state index contributed by atoms with van der Waals surface area (Å²) >= 11 is 5.84. The fourth-order valence-electron chi connectivity index (χ4n) is 1.78. The first kappa shape index (κ1) is 13.8. The Morgan fingerprint density at radius 1 is 1.26 bits per heavy atom. The molecule has 0 atom stereocenters. The Kier molecular flexibility index (Phi) is 4.71. The molecule has 19 heavy (non-hydrogen) atoms. The Morgan fingerprint density at radius 2 is 2.00 bits per heavy atom. The lowest BCUT2D eigenvalue weighted by molar-refractivity contribution is 0.276. The van der Waals surface area contributed by atoms with Crippen LogP contribution in [0.4, 0.5) is 0 Å². The van der Waals surface area contributed by atoms with Crippen LogP contribution in [0.5, 0.6) is 0 Å². The molecule has 2 aromatic rings. The normalized spacial score (nSPS) is 11.3. The summed E-state index contributed by atoms with van der Waals surface area (Å²) in [6.07, 6.45) is 4.85. The number of aliphatic hydroxyl groups excluding tert-OH is 1. The number of rotatable bonds is 5. The van der Waals surface area contributed by atoms with Crippen molar-refractivity contribution in [3.8, 4) is 0 Å². The molecule has 4 nitrogen and oxygen atoms in total. The van der Waals surface area contributed by atoms with Gasteiger partial charge < -0.3 is 5.11 Å². The molecule has 2 rings (SSSR count). The Hall–Kier alpha value is -1.65. The van der Waals surface area contributed by atoms with Gasteiger partial charge in [-0.1, -0.05) is 41.9 Å². The van der Waals surface area contributed by atoms with E-state index in [-0.39, 0.29) is 6.61 Å². The van der Waals surface area contributed by atoms with Crippen molar-refractivity contribution in [2.24, 2.45) is 0 Å². The summed E-state index contributed by atoms with van der Waals surface area (Å²) in [4.78, 5) is 0. The topological polar surface area (TPSA) is 50.9 Å². The molecular formula is C14H16ClN3O. The van der Waals surface area contributed by atoms with E-state index in [1.54, 1.807) is 4.68 Å². The van der Waals surface area contributed by atoms with Gasteiger partial charge in [-0.15, -0.1) is 5.10 Å². The summed E-state index contributed by atoms with van der Waals surface area (Å²) in [7, 11) is 0. The summed E-state index contributed by atoms with van der Waals surface area (Å²) in [6.45, 7) is 2.75. The zero-order valence-electron chi connectivity index (χ0n) is 10.8. The summed E-state index contributed by atoms with van der Waals surface area (Å²) in [6, 6.07) is 7.56. The van der Waals surface area contributed by atoms with E-state index in [4.69, 9.17) is 11.6 Å². The highest BCUT2D eigenvalue weighted by Gasteiger charge is 2.08. The second-order valence-electron chi connectivity index (χ2n) is 4.19. The number of aliphatic hydroxyl groups is 1. The molecule has 0 saturated carbocycles. The molecule has 0 bridgehead atoms. The lowest BCUT2D eigenvalue weighted by Crippen LogP contribution is -2.02. The second kappa shape index (κ2) is 6.50. The van der Waals surface area contributed by atoms with Gasteiger partial charge in [-0.2, -0.15) is 0 Å². The predicted molar refractivity (Wildman–Crippen MR) is 76.6 cm³/mol. The first-order chi connectivity index (χ1) is 9.24. The van der Waals surface area contributed by atoms with Crippen molar-refractivity contribution in [2.45, 2.75) is 26.5 Å². The van der Waals surface area contributed by atoms with Crippen LogP contribution in [-0.4, -0.2) is 20.1 Å². The van der Waals surface area contributed by atoms with Crippen LogP contribution in [0.25, 0.3) is 12.2 Å². The van der Waals surface area contributed by atoms with Crippen LogP contribution in [0.15, 0.2) is 24.3 Å². The number of hydrogen-bond acceptors (Lipinski definition) is 3. The van der Waals surface area contributed by atoms with Crippen molar-refractivity contribution >= 4 is 23.8 Å². The molecule has 0 amide bonds. The van der Waals surface area contributed by atoms with Crippen LogP contribution >= 0.6 is 11.6 Å². The van der Waals surface area contributed by atoms with Crippen molar-refractivity contribution in [1.82, 2.24) is 15.0 Å². The zero-order valence-corrected chi connectivity index (χ0v) is 11.5. The minimum absolute atomic E-state index is 0.107. The van der Waals surface area contributed by atoms with Gasteiger partial charge in [0.25, 0.3) is 0 Å². The van der Waals surface area contributed by atoms with Crippen LogP contribution in [0.3, 0.4) is 0 Å². The average Bonchev–Trinajstić information content (AvgIpc) is 2.81. The third-order valence-corrected chi connectivity index (χ3v) is 2.99. The van der Waals surface area contributed by atoms with Gasteiger partial charge in [-0.25, -0.2) is 4.68 Å².